The number of nitrogens with two attached hydrogens (primary N) is 1. The van der Waals surface area contributed by atoms with E-state index in [1.165, 1.54) is 4.90 Å². The van der Waals surface area contributed by atoms with Gasteiger partial charge in [0.05, 0.1) is 0 Å². The maximum atomic E-state index is 12.4. The molecule has 7 nitrogen and oxygen atoms in total. The van der Waals surface area contributed by atoms with Gasteiger partial charge in [0.1, 0.15) is 11.6 Å². The molecule has 1 unspecified atom stereocenters. The van der Waals surface area contributed by atoms with Crippen molar-refractivity contribution < 1.29 is 19.2 Å². The van der Waals surface area contributed by atoms with Crippen LogP contribution in [0.1, 0.15) is 45.6 Å². The summed E-state index contributed by atoms with van der Waals surface area (Å²) in [6, 6.07) is 8.29. The van der Waals surface area contributed by atoms with Crippen LogP contribution < -0.4 is 5.73 Å². The molecule has 1 fully saturated rings. The van der Waals surface area contributed by atoms with Crippen molar-refractivity contribution in [1.82, 2.24) is 4.90 Å². The maximum absolute atomic E-state index is 12.4. The summed E-state index contributed by atoms with van der Waals surface area (Å²) >= 11 is 0. The van der Waals surface area contributed by atoms with E-state index in [9.17, 15) is 9.59 Å². The average molecular weight is 347 g/mol. The maximum Gasteiger partial charge on any atom is 0.411 e. The van der Waals surface area contributed by atoms with Crippen LogP contribution >= 0.6 is 0 Å². The average Bonchev–Trinajstić information content (AvgIpc) is 2.58. The second-order valence-electron chi connectivity index (χ2n) is 6.94. The number of carbonyl (C=O) groups is 2. The van der Waals surface area contributed by atoms with Gasteiger partial charge in [-0.05, 0) is 40.0 Å². The molecule has 1 aromatic rings. The van der Waals surface area contributed by atoms with Gasteiger partial charge in [0.2, 0.25) is 0 Å². The number of oxime groups is 1. The molecular weight excluding hydrogens is 322 g/mol. The van der Waals surface area contributed by atoms with E-state index < -0.39 is 23.7 Å². The SMILES string of the molecule is CC(C)(C)OC(=O)N1CCCCC1C(=O)O/N=C(\N)c1ccccc1. The van der Waals surface area contributed by atoms with E-state index >= 15 is 0 Å². The molecule has 7 heteroatoms. The van der Waals surface area contributed by atoms with Crippen LogP contribution in [0.2, 0.25) is 0 Å². The van der Waals surface area contributed by atoms with E-state index in [1.807, 2.05) is 18.2 Å². The Bertz CT molecular complexity index is 637. The van der Waals surface area contributed by atoms with Gasteiger partial charge < -0.3 is 15.3 Å². The molecule has 1 aliphatic rings. The highest BCUT2D eigenvalue weighted by Crippen LogP contribution is 2.21. The molecule has 0 bridgehead atoms. The first-order chi connectivity index (χ1) is 11.8. The summed E-state index contributed by atoms with van der Waals surface area (Å²) in [5, 5.41) is 3.70. The van der Waals surface area contributed by atoms with Crippen molar-refractivity contribution >= 4 is 17.9 Å². The Morgan fingerprint density at radius 2 is 1.88 bits per heavy atom. The molecule has 1 atom stereocenters. The summed E-state index contributed by atoms with van der Waals surface area (Å²) < 4.78 is 5.37. The van der Waals surface area contributed by atoms with Crippen molar-refractivity contribution in [3.05, 3.63) is 35.9 Å². The lowest BCUT2D eigenvalue weighted by atomic mass is 10.0. The number of piperidine rings is 1. The second kappa shape index (κ2) is 8.00. The highest BCUT2D eigenvalue weighted by atomic mass is 16.7. The fourth-order valence-electron chi connectivity index (χ4n) is 2.53. The van der Waals surface area contributed by atoms with Gasteiger partial charge in [-0.15, -0.1) is 0 Å². The number of nitrogens with zero attached hydrogens (tertiary/aromatic N) is 2. The Hall–Kier alpha value is -2.57. The molecule has 1 saturated heterocycles. The van der Waals surface area contributed by atoms with Crippen LogP contribution in [0.25, 0.3) is 0 Å². The highest BCUT2D eigenvalue weighted by Gasteiger charge is 2.36. The first kappa shape index (κ1) is 18.8. The van der Waals surface area contributed by atoms with Crippen molar-refractivity contribution in [3.8, 4) is 0 Å². The molecule has 0 radical (unpaired) electrons. The molecule has 0 aliphatic carbocycles. The Morgan fingerprint density at radius 3 is 2.52 bits per heavy atom. The predicted octanol–water partition coefficient (Wildman–Crippen LogP) is 2.64. The lowest BCUT2D eigenvalue weighted by Crippen LogP contribution is -2.50. The molecular formula is C18H25N3O4. The van der Waals surface area contributed by atoms with Crippen LogP contribution in [0.3, 0.4) is 0 Å². The number of likely N-dealkylation sites (tertiary alicyclic amines) is 1. The van der Waals surface area contributed by atoms with Gasteiger partial charge >= 0.3 is 12.1 Å². The lowest BCUT2D eigenvalue weighted by Gasteiger charge is -2.34. The van der Waals surface area contributed by atoms with Gasteiger partial charge in [-0.3, -0.25) is 4.90 Å². The molecule has 1 heterocycles. The van der Waals surface area contributed by atoms with E-state index in [2.05, 4.69) is 5.16 Å². The molecule has 1 amide bonds. The summed E-state index contributed by atoms with van der Waals surface area (Å²) in [5.41, 5.74) is 5.85. The summed E-state index contributed by atoms with van der Waals surface area (Å²) in [7, 11) is 0. The van der Waals surface area contributed by atoms with Crippen LogP contribution in [-0.2, 0) is 14.4 Å². The quantitative estimate of drug-likeness (QED) is 0.392. The summed E-state index contributed by atoms with van der Waals surface area (Å²) in [4.78, 5) is 31.1. The predicted molar refractivity (Wildman–Crippen MR) is 93.8 cm³/mol. The van der Waals surface area contributed by atoms with E-state index in [4.69, 9.17) is 15.3 Å². The summed E-state index contributed by atoms with van der Waals surface area (Å²) in [6.45, 7) is 5.81. The van der Waals surface area contributed by atoms with Gasteiger partial charge in [0, 0.05) is 12.1 Å². The molecule has 136 valence electrons. The van der Waals surface area contributed by atoms with Gasteiger partial charge in [-0.2, -0.15) is 0 Å². The minimum Gasteiger partial charge on any atom is -0.444 e. The standard InChI is InChI=1S/C18H25N3O4/c1-18(2,3)24-17(23)21-12-8-7-11-14(21)16(22)25-20-15(19)13-9-5-4-6-10-13/h4-6,9-10,14H,7-8,11-12H2,1-3H3,(H2,19,20). The normalized spacial score (nSPS) is 18.6. The van der Waals surface area contributed by atoms with Crippen molar-refractivity contribution in [2.45, 2.75) is 51.7 Å². The third kappa shape index (κ3) is 5.48. The van der Waals surface area contributed by atoms with E-state index in [-0.39, 0.29) is 5.84 Å². The number of ether oxygens (including phenoxy) is 1. The van der Waals surface area contributed by atoms with Crippen molar-refractivity contribution in [3.63, 3.8) is 0 Å². The van der Waals surface area contributed by atoms with Crippen molar-refractivity contribution in [1.29, 1.82) is 0 Å². The highest BCUT2D eigenvalue weighted by molar-refractivity contribution is 5.97. The third-order valence-electron chi connectivity index (χ3n) is 3.71. The summed E-state index contributed by atoms with van der Waals surface area (Å²) in [5.74, 6) is -0.502. The molecule has 1 aliphatic heterocycles. The molecule has 0 aromatic heterocycles. The van der Waals surface area contributed by atoms with Gasteiger partial charge in [-0.25, -0.2) is 9.59 Å². The van der Waals surface area contributed by atoms with Crippen LogP contribution in [0.15, 0.2) is 35.5 Å². The lowest BCUT2D eigenvalue weighted by molar-refractivity contribution is -0.151. The Kier molecular flexibility index (Phi) is 6.01. The van der Waals surface area contributed by atoms with E-state index in [1.54, 1.807) is 32.9 Å². The first-order valence-corrected chi connectivity index (χ1v) is 8.37. The number of amidine groups is 1. The molecule has 0 spiro atoms. The number of hydrogen-bond donors (Lipinski definition) is 1. The minimum atomic E-state index is -0.712. The largest absolute Gasteiger partial charge is 0.444 e. The number of benzene rings is 1. The first-order valence-electron chi connectivity index (χ1n) is 8.37. The minimum absolute atomic E-state index is 0.105. The zero-order chi connectivity index (χ0) is 18.4. The number of amides is 1. The Balaban J connectivity index is 2.04. The van der Waals surface area contributed by atoms with Gasteiger partial charge in [0.15, 0.2) is 5.84 Å². The zero-order valence-corrected chi connectivity index (χ0v) is 14.9. The zero-order valence-electron chi connectivity index (χ0n) is 14.9. The molecule has 2 rings (SSSR count). The molecule has 0 saturated carbocycles. The van der Waals surface area contributed by atoms with E-state index in [0.717, 1.165) is 12.8 Å². The third-order valence-corrected chi connectivity index (χ3v) is 3.71. The number of rotatable bonds is 3. The second-order valence-corrected chi connectivity index (χ2v) is 6.94. The van der Waals surface area contributed by atoms with Crippen molar-refractivity contribution in [2.75, 3.05) is 6.54 Å². The smallest absolute Gasteiger partial charge is 0.411 e. The van der Waals surface area contributed by atoms with E-state index in [0.29, 0.717) is 18.5 Å². The summed E-state index contributed by atoms with van der Waals surface area (Å²) in [6.07, 6.45) is 1.64. The van der Waals surface area contributed by atoms with Crippen LogP contribution in [0.4, 0.5) is 4.79 Å². The monoisotopic (exact) mass is 347 g/mol. The molecule has 25 heavy (non-hydrogen) atoms. The van der Waals surface area contributed by atoms with Gasteiger partial charge in [-0.1, -0.05) is 35.5 Å². The van der Waals surface area contributed by atoms with Crippen molar-refractivity contribution in [2.24, 2.45) is 10.9 Å². The van der Waals surface area contributed by atoms with Crippen LogP contribution in [0, 0.1) is 0 Å². The number of hydrogen-bond acceptors (Lipinski definition) is 5. The van der Waals surface area contributed by atoms with Crippen LogP contribution in [0.5, 0.6) is 0 Å². The van der Waals surface area contributed by atoms with Crippen LogP contribution in [-0.4, -0.2) is 41.0 Å². The molecule has 2 N–H and O–H groups in total. The molecule has 1 aromatic carbocycles. The number of carbonyl (C=O) groups excluding carboxylic acids is 2. The Morgan fingerprint density at radius 1 is 1.20 bits per heavy atom. The fraction of sp³-hybridized carbons (Fsp3) is 0.500. The fourth-order valence-corrected chi connectivity index (χ4v) is 2.53. The Labute approximate surface area is 147 Å². The topological polar surface area (TPSA) is 94.2 Å². The van der Waals surface area contributed by atoms with Gasteiger partial charge in [0.25, 0.3) is 0 Å².